The largest absolute Gasteiger partial charge is 0.465 e. The molecule has 0 aromatic carbocycles. The molecule has 2 amide bonds. The van der Waals surface area contributed by atoms with Crippen LogP contribution in [0.15, 0.2) is 25.3 Å². The zero-order chi connectivity index (χ0) is 31.4. The molecule has 242 valence electrons. The summed E-state index contributed by atoms with van der Waals surface area (Å²) in [6.45, 7) is 19.9. The Hall–Kier alpha value is -2.27. The van der Waals surface area contributed by atoms with Crippen LogP contribution >= 0.6 is 0 Å². The van der Waals surface area contributed by atoms with E-state index in [1.165, 1.54) is 0 Å². The zero-order valence-electron chi connectivity index (χ0n) is 26.7. The van der Waals surface area contributed by atoms with E-state index >= 15 is 0 Å². The van der Waals surface area contributed by atoms with Crippen LogP contribution < -0.4 is 0 Å². The highest BCUT2D eigenvalue weighted by atomic mass is 16.6. The highest BCUT2D eigenvalue weighted by molar-refractivity contribution is 5.98. The molecule has 4 aliphatic rings. The summed E-state index contributed by atoms with van der Waals surface area (Å²) in [6, 6.07) is -1.55. The molecule has 10 heteroatoms. The monoisotopic (exact) mass is 603 g/mol. The summed E-state index contributed by atoms with van der Waals surface area (Å²) in [6.07, 6.45) is 7.13. The highest BCUT2D eigenvalue weighted by Crippen LogP contribution is 2.65. The number of unbranched alkanes of at least 4 members (excludes halogenated alkanes) is 2. The summed E-state index contributed by atoms with van der Waals surface area (Å²) in [4.78, 5) is 48.7. The lowest BCUT2D eigenvalue weighted by molar-refractivity contribution is -0.164. The van der Waals surface area contributed by atoms with Crippen molar-refractivity contribution in [3.8, 4) is 0 Å². The maximum atomic E-state index is 14.7. The minimum Gasteiger partial charge on any atom is -0.465 e. The van der Waals surface area contributed by atoms with Gasteiger partial charge in [0.05, 0.1) is 44.0 Å². The highest BCUT2D eigenvalue weighted by Gasteiger charge is 2.80. The number of ether oxygens (including phenoxy) is 3. The fourth-order valence-corrected chi connectivity index (χ4v) is 7.85. The van der Waals surface area contributed by atoms with Crippen molar-refractivity contribution >= 4 is 17.8 Å². The fourth-order valence-electron chi connectivity index (χ4n) is 7.85. The summed E-state index contributed by atoms with van der Waals surface area (Å²) >= 11 is 0. The van der Waals surface area contributed by atoms with Crippen molar-refractivity contribution in [2.45, 2.75) is 83.1 Å². The molecule has 4 rings (SSSR count). The van der Waals surface area contributed by atoms with E-state index in [1.807, 2.05) is 33.8 Å². The molecule has 43 heavy (non-hydrogen) atoms. The third-order valence-corrected chi connectivity index (χ3v) is 10.6. The molecule has 4 heterocycles. The van der Waals surface area contributed by atoms with Crippen molar-refractivity contribution in [1.29, 1.82) is 0 Å². The smallest absolute Gasteiger partial charge is 0.312 e. The van der Waals surface area contributed by atoms with Crippen LogP contribution in [0.25, 0.3) is 0 Å². The van der Waals surface area contributed by atoms with Gasteiger partial charge in [0.15, 0.2) is 0 Å². The van der Waals surface area contributed by atoms with Crippen molar-refractivity contribution < 1.29 is 33.7 Å². The van der Waals surface area contributed by atoms with Gasteiger partial charge in [0.2, 0.25) is 11.8 Å². The number of rotatable bonds is 16. The Morgan fingerprint density at radius 3 is 2.58 bits per heavy atom. The summed E-state index contributed by atoms with van der Waals surface area (Å²) in [5.41, 5.74) is -2.13. The zero-order valence-corrected chi connectivity index (χ0v) is 26.7. The second kappa shape index (κ2) is 14.2. The van der Waals surface area contributed by atoms with Gasteiger partial charge in [-0.05, 0) is 44.4 Å². The second-order valence-electron chi connectivity index (χ2n) is 13.1. The number of amides is 2. The topological polar surface area (TPSA) is 109 Å². The van der Waals surface area contributed by atoms with Gasteiger partial charge in [-0.2, -0.15) is 0 Å². The van der Waals surface area contributed by atoms with E-state index < -0.39 is 41.1 Å². The normalized spacial score (nSPS) is 33.2. The molecule has 0 aromatic rings. The van der Waals surface area contributed by atoms with Crippen LogP contribution in [-0.2, 0) is 28.6 Å². The van der Waals surface area contributed by atoms with Gasteiger partial charge in [0.25, 0.3) is 0 Å². The molecule has 0 aromatic heterocycles. The van der Waals surface area contributed by atoms with Gasteiger partial charge in [0.1, 0.15) is 17.6 Å². The molecular formula is C33H53N3O7. The van der Waals surface area contributed by atoms with Crippen LogP contribution in [0.3, 0.4) is 0 Å². The molecule has 1 spiro atoms. The molecular weight excluding hydrogens is 550 g/mol. The Morgan fingerprint density at radius 1 is 1.23 bits per heavy atom. The van der Waals surface area contributed by atoms with Crippen LogP contribution in [0.5, 0.6) is 0 Å². The number of hydrogen-bond donors (Lipinski definition) is 1. The summed E-state index contributed by atoms with van der Waals surface area (Å²) in [5.74, 6) is -2.80. The Morgan fingerprint density at radius 2 is 1.95 bits per heavy atom. The molecule has 10 nitrogen and oxygen atoms in total. The molecule has 0 saturated carbocycles. The maximum Gasteiger partial charge on any atom is 0.312 e. The molecule has 2 bridgehead atoms. The third kappa shape index (κ3) is 6.17. The maximum absolute atomic E-state index is 14.7. The lowest BCUT2D eigenvalue weighted by Gasteiger charge is -2.41. The predicted octanol–water partition coefficient (Wildman–Crippen LogP) is 2.65. The number of aliphatic hydroxyl groups excluding tert-OH is 1. The summed E-state index contributed by atoms with van der Waals surface area (Å²) in [5, 5.41) is 10.6. The van der Waals surface area contributed by atoms with Gasteiger partial charge in [-0.1, -0.05) is 39.3 Å². The third-order valence-electron chi connectivity index (χ3n) is 10.6. The van der Waals surface area contributed by atoms with Crippen LogP contribution in [0, 0.1) is 23.7 Å². The van der Waals surface area contributed by atoms with Crippen molar-refractivity contribution in [1.82, 2.24) is 14.7 Å². The number of esters is 1. The quantitative estimate of drug-likeness (QED) is 0.163. The molecule has 0 radical (unpaired) electrons. The van der Waals surface area contributed by atoms with E-state index in [-0.39, 0.29) is 36.9 Å². The van der Waals surface area contributed by atoms with Crippen LogP contribution in [0.1, 0.15) is 59.8 Å². The van der Waals surface area contributed by atoms with Gasteiger partial charge in [0, 0.05) is 32.7 Å². The van der Waals surface area contributed by atoms with Crippen LogP contribution in [0.2, 0.25) is 0 Å². The van der Waals surface area contributed by atoms with E-state index in [0.29, 0.717) is 52.1 Å². The first-order valence-corrected chi connectivity index (χ1v) is 16.2. The number of nitrogens with zero attached hydrogens (tertiary/aromatic N) is 3. The molecule has 1 N–H and O–H groups in total. The number of allylic oxidation sites excluding steroid dienone is 1. The number of carbonyl (C=O) groups excluding carboxylic acids is 3. The Bertz CT molecular complexity index is 1030. The lowest BCUT2D eigenvalue weighted by Crippen LogP contribution is -2.60. The van der Waals surface area contributed by atoms with Crippen molar-refractivity contribution in [3.05, 3.63) is 25.3 Å². The Balaban J connectivity index is 1.70. The van der Waals surface area contributed by atoms with E-state index in [0.717, 1.165) is 25.9 Å². The minimum absolute atomic E-state index is 0.0684. The van der Waals surface area contributed by atoms with Gasteiger partial charge < -0.3 is 29.1 Å². The molecule has 4 aliphatic heterocycles. The number of likely N-dealkylation sites (tertiary alicyclic amines) is 1. The number of fused-ring (bicyclic) bond motifs is 1. The molecule has 0 aliphatic carbocycles. The molecule has 3 unspecified atom stereocenters. The van der Waals surface area contributed by atoms with Gasteiger partial charge >= 0.3 is 5.97 Å². The van der Waals surface area contributed by atoms with Gasteiger partial charge in [-0.3, -0.25) is 19.3 Å². The Labute approximate surface area is 257 Å². The second-order valence-corrected chi connectivity index (χ2v) is 13.1. The lowest BCUT2D eigenvalue weighted by atomic mass is 9.62. The van der Waals surface area contributed by atoms with Crippen molar-refractivity contribution in [2.24, 2.45) is 23.7 Å². The van der Waals surface area contributed by atoms with Crippen LogP contribution in [0.4, 0.5) is 0 Å². The number of hydrogen-bond acceptors (Lipinski definition) is 8. The van der Waals surface area contributed by atoms with E-state index in [2.05, 4.69) is 18.1 Å². The van der Waals surface area contributed by atoms with E-state index in [4.69, 9.17) is 14.2 Å². The van der Waals surface area contributed by atoms with Gasteiger partial charge in [-0.15, -0.1) is 13.2 Å². The number of carbonyl (C=O) groups is 3. The predicted molar refractivity (Wildman–Crippen MR) is 163 cm³/mol. The fraction of sp³-hybridized carbons (Fsp3) is 0.788. The van der Waals surface area contributed by atoms with E-state index in [1.54, 1.807) is 15.9 Å². The average Bonchev–Trinajstić information content (AvgIpc) is 3.52. The summed E-state index contributed by atoms with van der Waals surface area (Å²) < 4.78 is 18.1. The number of morpholine rings is 1. The van der Waals surface area contributed by atoms with Gasteiger partial charge in [-0.25, -0.2) is 0 Å². The molecule has 4 fully saturated rings. The van der Waals surface area contributed by atoms with Crippen LogP contribution in [-0.4, -0.2) is 120 Å². The Kier molecular flexibility index (Phi) is 11.1. The van der Waals surface area contributed by atoms with E-state index in [9.17, 15) is 19.5 Å². The first-order chi connectivity index (χ1) is 20.6. The molecule has 8 atom stereocenters. The minimum atomic E-state index is -1.19. The van der Waals surface area contributed by atoms with Crippen molar-refractivity contribution in [3.63, 3.8) is 0 Å². The SMILES string of the molecule is C=CCCCCOC(=O)[C@H]1[C@H]2C(=O)N([C@@H](CO)[C@@H](C)CC)C(C(=O)N(CC=C)CCN3CCOCC3)C23CC(C)[C@]1(C)O3. The van der Waals surface area contributed by atoms with Crippen molar-refractivity contribution in [2.75, 3.05) is 59.2 Å². The number of aliphatic hydroxyl groups is 1. The first kappa shape index (κ1) is 33.6. The molecule has 4 saturated heterocycles. The summed E-state index contributed by atoms with van der Waals surface area (Å²) in [7, 11) is 0. The standard InChI is InChI=1S/C33H53N3O7/c1-7-10-11-12-18-42-31(40)27-26-29(38)36(25(22-37)23(4)9-3)28(33(26)21-24(5)32(27,6)43-33)30(39)35(13-8-2)15-14-34-16-19-41-20-17-34/h7-8,23-28,37H,1-2,9-22H2,3-6H3/t23-,24?,25-,26-,27+,28?,32-,33?/m0/s1. The first-order valence-electron chi connectivity index (χ1n) is 16.2. The average molecular weight is 604 g/mol.